The average Bonchev–Trinajstić information content (AvgIpc) is 3.60. The first-order chi connectivity index (χ1) is 14.3. The van der Waals surface area contributed by atoms with E-state index in [1.165, 1.54) is 41.0 Å². The van der Waals surface area contributed by atoms with Gasteiger partial charge in [0.2, 0.25) is 5.91 Å². The summed E-state index contributed by atoms with van der Waals surface area (Å²) in [5.41, 5.74) is 1.30. The minimum Gasteiger partial charge on any atom is -0.330 e. The molecule has 0 N–H and O–H groups in total. The number of carbonyl (C=O) groups is 1. The lowest BCUT2D eigenvalue weighted by molar-refractivity contribution is -0.130. The minimum absolute atomic E-state index is 0.0569. The summed E-state index contributed by atoms with van der Waals surface area (Å²) >= 11 is 5.12. The van der Waals surface area contributed by atoms with Crippen LogP contribution in [-0.2, 0) is 11.2 Å². The summed E-state index contributed by atoms with van der Waals surface area (Å²) in [5.74, 6) is 2.37. The fraction of sp³-hybridized carbons (Fsp3) is 0.476. The zero-order chi connectivity index (χ0) is 19.4. The van der Waals surface area contributed by atoms with Crippen LogP contribution in [-0.4, -0.2) is 37.9 Å². The molecule has 1 aliphatic heterocycles. The molecule has 6 rings (SSSR count). The summed E-state index contributed by atoms with van der Waals surface area (Å²) in [6.45, 7) is 0.790. The Labute approximate surface area is 182 Å². The van der Waals surface area contributed by atoms with Gasteiger partial charge in [-0.1, -0.05) is 17.8 Å². The number of rotatable bonds is 6. The van der Waals surface area contributed by atoms with Crippen LogP contribution in [0.25, 0.3) is 0 Å². The molecule has 0 saturated heterocycles. The summed E-state index contributed by atoms with van der Waals surface area (Å²) in [6, 6.07) is 7.04. The van der Waals surface area contributed by atoms with E-state index in [1.807, 2.05) is 11.3 Å². The molecule has 4 heterocycles. The van der Waals surface area contributed by atoms with Crippen molar-refractivity contribution in [3.8, 4) is 0 Å². The van der Waals surface area contributed by atoms with Crippen molar-refractivity contribution in [2.45, 2.75) is 55.3 Å². The van der Waals surface area contributed by atoms with E-state index in [0.717, 1.165) is 23.9 Å². The molecule has 150 valence electrons. The first-order valence-corrected chi connectivity index (χ1v) is 13.0. The van der Waals surface area contributed by atoms with E-state index >= 15 is 0 Å². The molecule has 1 amide bonds. The summed E-state index contributed by atoms with van der Waals surface area (Å²) in [7, 11) is 0. The van der Waals surface area contributed by atoms with Crippen LogP contribution in [0.1, 0.15) is 64.8 Å². The number of thioether (sulfide) groups is 1. The summed E-state index contributed by atoms with van der Waals surface area (Å²) in [6.07, 6.45) is 5.84. The molecule has 2 aliphatic carbocycles. The van der Waals surface area contributed by atoms with Gasteiger partial charge in [-0.25, -0.2) is 0 Å². The third kappa shape index (κ3) is 3.35. The van der Waals surface area contributed by atoms with Gasteiger partial charge in [0.1, 0.15) is 5.82 Å². The van der Waals surface area contributed by atoms with Gasteiger partial charge < -0.3 is 9.47 Å². The lowest BCUT2D eigenvalue weighted by atomic mass is 9.98. The summed E-state index contributed by atoms with van der Waals surface area (Å²) in [5, 5.41) is 14.1. The lowest BCUT2D eigenvalue weighted by Gasteiger charge is -2.35. The van der Waals surface area contributed by atoms with Crippen molar-refractivity contribution >= 4 is 40.3 Å². The van der Waals surface area contributed by atoms with Crippen LogP contribution in [0.3, 0.4) is 0 Å². The number of nitrogens with zero attached hydrogens (tertiary/aromatic N) is 4. The smallest absolute Gasteiger partial charge is 0.233 e. The van der Waals surface area contributed by atoms with E-state index in [2.05, 4.69) is 48.6 Å². The molecule has 3 aliphatic rings. The Balaban J connectivity index is 1.23. The molecule has 3 aromatic rings. The Bertz CT molecular complexity index is 1030. The van der Waals surface area contributed by atoms with Crippen LogP contribution in [0.4, 0.5) is 0 Å². The van der Waals surface area contributed by atoms with E-state index < -0.39 is 0 Å². The Morgan fingerprint density at radius 2 is 2.03 bits per heavy atom. The summed E-state index contributed by atoms with van der Waals surface area (Å²) < 4.78 is 2.33. The number of fused-ring (bicyclic) bond motifs is 1. The Morgan fingerprint density at radius 3 is 2.79 bits per heavy atom. The number of aromatic nitrogens is 3. The maximum atomic E-state index is 13.3. The molecule has 3 aromatic heterocycles. The molecule has 5 nitrogen and oxygen atoms in total. The average molecular weight is 443 g/mol. The van der Waals surface area contributed by atoms with E-state index in [0.29, 0.717) is 17.7 Å². The van der Waals surface area contributed by atoms with E-state index in [4.69, 9.17) is 0 Å². The van der Waals surface area contributed by atoms with Gasteiger partial charge in [0, 0.05) is 28.3 Å². The Kier molecular flexibility index (Phi) is 4.54. The maximum absolute atomic E-state index is 13.3. The third-order valence-electron chi connectivity index (χ3n) is 5.97. The first-order valence-electron chi connectivity index (χ1n) is 10.3. The molecule has 0 spiro atoms. The van der Waals surface area contributed by atoms with Crippen LogP contribution in [0, 0.1) is 0 Å². The topological polar surface area (TPSA) is 51.0 Å². The van der Waals surface area contributed by atoms with Gasteiger partial charge in [0.15, 0.2) is 5.16 Å². The molecule has 0 radical (unpaired) electrons. The van der Waals surface area contributed by atoms with Crippen molar-refractivity contribution in [2.75, 3.05) is 12.3 Å². The molecule has 1 atom stereocenters. The van der Waals surface area contributed by atoms with E-state index in [-0.39, 0.29) is 11.9 Å². The molecule has 2 fully saturated rings. The number of thiophene rings is 2. The largest absolute Gasteiger partial charge is 0.330 e. The number of amides is 1. The van der Waals surface area contributed by atoms with E-state index in [1.54, 1.807) is 23.1 Å². The van der Waals surface area contributed by atoms with Gasteiger partial charge in [0.05, 0.1) is 11.8 Å². The van der Waals surface area contributed by atoms with Gasteiger partial charge >= 0.3 is 0 Å². The van der Waals surface area contributed by atoms with Crippen molar-refractivity contribution in [3.63, 3.8) is 0 Å². The molecule has 0 unspecified atom stereocenters. The van der Waals surface area contributed by atoms with Crippen LogP contribution in [0.15, 0.2) is 34.1 Å². The highest BCUT2D eigenvalue weighted by molar-refractivity contribution is 7.99. The van der Waals surface area contributed by atoms with Gasteiger partial charge in [-0.2, -0.15) is 0 Å². The third-order valence-corrected chi connectivity index (χ3v) is 8.82. The van der Waals surface area contributed by atoms with Crippen LogP contribution < -0.4 is 0 Å². The van der Waals surface area contributed by atoms with Crippen molar-refractivity contribution in [1.82, 2.24) is 19.7 Å². The fourth-order valence-electron chi connectivity index (χ4n) is 4.23. The van der Waals surface area contributed by atoms with E-state index in [9.17, 15) is 4.79 Å². The number of carbonyl (C=O) groups excluding carboxylic acids is 1. The monoisotopic (exact) mass is 442 g/mol. The van der Waals surface area contributed by atoms with Crippen molar-refractivity contribution in [1.29, 1.82) is 0 Å². The van der Waals surface area contributed by atoms with Crippen molar-refractivity contribution < 1.29 is 4.79 Å². The maximum Gasteiger partial charge on any atom is 0.233 e. The second kappa shape index (κ2) is 7.25. The second-order valence-electron chi connectivity index (χ2n) is 8.06. The van der Waals surface area contributed by atoms with Gasteiger partial charge in [-0.05, 0) is 60.6 Å². The quantitative estimate of drug-likeness (QED) is 0.511. The minimum atomic E-state index is 0.0569. The molecule has 2 saturated carbocycles. The molecular formula is C21H22N4OS3. The predicted molar refractivity (Wildman–Crippen MR) is 117 cm³/mol. The Morgan fingerprint density at radius 1 is 1.14 bits per heavy atom. The number of hydrogen-bond donors (Lipinski definition) is 0. The highest BCUT2D eigenvalue weighted by atomic mass is 32.2. The highest BCUT2D eigenvalue weighted by Gasteiger charge is 2.37. The van der Waals surface area contributed by atoms with Gasteiger partial charge in [-0.3, -0.25) is 4.79 Å². The first kappa shape index (κ1) is 18.2. The van der Waals surface area contributed by atoms with Gasteiger partial charge in [0.25, 0.3) is 0 Å². The van der Waals surface area contributed by atoms with Crippen molar-refractivity contribution in [2.24, 2.45) is 0 Å². The summed E-state index contributed by atoms with van der Waals surface area (Å²) in [4.78, 5) is 18.1. The molecule has 8 heteroatoms. The SMILES string of the molecule is O=C(CSc1nnc(C2CC2)n1C1CC1)N1CCc2sccc2[C@H]1c1cccs1. The van der Waals surface area contributed by atoms with Crippen LogP contribution >= 0.6 is 34.4 Å². The highest BCUT2D eigenvalue weighted by Crippen LogP contribution is 2.46. The molecule has 0 aromatic carbocycles. The Hall–Kier alpha value is -1.64. The standard InChI is InChI=1S/C21H22N4OS3/c26-18(12-29-21-23-22-20(13-3-4-13)25(21)14-5-6-14)24-9-7-16-15(8-11-28-16)19(24)17-2-1-10-27-17/h1-2,8,10-11,13-14,19H,3-7,9,12H2/t19-/m0/s1. The normalized spacial score (nSPS) is 21.4. The fourth-order valence-corrected chi connectivity index (χ4v) is 6.89. The number of hydrogen-bond acceptors (Lipinski definition) is 6. The van der Waals surface area contributed by atoms with Crippen molar-refractivity contribution in [3.05, 3.63) is 50.1 Å². The van der Waals surface area contributed by atoms with Gasteiger partial charge in [-0.15, -0.1) is 32.9 Å². The molecular weight excluding hydrogens is 420 g/mol. The van der Waals surface area contributed by atoms with Crippen LogP contribution in [0.5, 0.6) is 0 Å². The second-order valence-corrected chi connectivity index (χ2v) is 11.0. The lowest BCUT2D eigenvalue weighted by Crippen LogP contribution is -2.40. The zero-order valence-electron chi connectivity index (χ0n) is 16.0. The molecule has 0 bridgehead atoms. The zero-order valence-corrected chi connectivity index (χ0v) is 18.4. The van der Waals surface area contributed by atoms with Crippen LogP contribution in [0.2, 0.25) is 0 Å². The molecule has 29 heavy (non-hydrogen) atoms. The predicted octanol–water partition coefficient (Wildman–Crippen LogP) is 4.88.